The lowest BCUT2D eigenvalue weighted by Crippen LogP contribution is -2.24. The van der Waals surface area contributed by atoms with E-state index in [4.69, 9.17) is 0 Å². The zero-order valence-corrected chi connectivity index (χ0v) is 17.5. The number of carbonyl (C=O) groups is 1. The fourth-order valence-corrected chi connectivity index (χ4v) is 4.10. The summed E-state index contributed by atoms with van der Waals surface area (Å²) in [6.07, 6.45) is 1.67. The highest BCUT2D eigenvalue weighted by Gasteiger charge is 2.21. The fourth-order valence-electron chi connectivity index (χ4n) is 3.03. The minimum Gasteiger partial charge on any atom is -0.321 e. The van der Waals surface area contributed by atoms with Crippen LogP contribution in [0.3, 0.4) is 0 Å². The first-order chi connectivity index (χ1) is 13.2. The molecule has 2 aromatic rings. The van der Waals surface area contributed by atoms with E-state index in [-0.39, 0.29) is 22.9 Å². The summed E-state index contributed by atoms with van der Waals surface area (Å²) >= 11 is 0. The van der Waals surface area contributed by atoms with Gasteiger partial charge in [0.1, 0.15) is 5.82 Å². The molecule has 0 aliphatic heterocycles. The van der Waals surface area contributed by atoms with Crippen LogP contribution in [0.5, 0.6) is 0 Å². The molecule has 0 aliphatic carbocycles. The van der Waals surface area contributed by atoms with Gasteiger partial charge in [-0.05, 0) is 41.7 Å². The number of carbonyl (C=O) groups excluding carboxylic acids is 1. The number of para-hydroxylation sites is 1. The molecule has 1 amide bonds. The second-order valence-corrected chi connectivity index (χ2v) is 8.65. The van der Waals surface area contributed by atoms with Crippen LogP contribution >= 0.6 is 0 Å². The van der Waals surface area contributed by atoms with Crippen molar-refractivity contribution in [2.24, 2.45) is 0 Å². The Labute approximate surface area is 166 Å². The van der Waals surface area contributed by atoms with Gasteiger partial charge in [-0.1, -0.05) is 52.3 Å². The first-order valence-electron chi connectivity index (χ1n) is 9.43. The van der Waals surface area contributed by atoms with Crippen LogP contribution in [0.2, 0.25) is 0 Å². The van der Waals surface area contributed by atoms with Crippen LogP contribution in [0.25, 0.3) is 0 Å². The number of anilines is 1. The van der Waals surface area contributed by atoms with Crippen LogP contribution in [-0.4, -0.2) is 20.9 Å². The zero-order chi connectivity index (χ0) is 20.9. The van der Waals surface area contributed by atoms with Crippen LogP contribution in [-0.2, 0) is 16.4 Å². The average Bonchev–Trinajstić information content (AvgIpc) is 2.63. The van der Waals surface area contributed by atoms with Crippen LogP contribution in [0, 0.1) is 5.82 Å². The van der Waals surface area contributed by atoms with Crippen molar-refractivity contribution < 1.29 is 17.6 Å². The third-order valence-electron chi connectivity index (χ3n) is 4.39. The summed E-state index contributed by atoms with van der Waals surface area (Å²) in [7, 11) is -3.79. The number of halogens is 1. The maximum absolute atomic E-state index is 14.3. The number of nitrogens with one attached hydrogen (secondary N) is 2. The molecule has 5 nitrogen and oxygen atoms in total. The molecule has 7 heteroatoms. The van der Waals surface area contributed by atoms with Gasteiger partial charge in [-0.3, -0.25) is 4.79 Å². The summed E-state index contributed by atoms with van der Waals surface area (Å²) in [5.41, 5.74) is 2.29. The highest BCUT2D eigenvalue weighted by molar-refractivity contribution is 7.89. The largest absolute Gasteiger partial charge is 0.321 e. The molecule has 28 heavy (non-hydrogen) atoms. The smallest absolute Gasteiger partial charge is 0.258 e. The van der Waals surface area contributed by atoms with Gasteiger partial charge in [0.15, 0.2) is 0 Å². The van der Waals surface area contributed by atoms with Gasteiger partial charge in [0.2, 0.25) is 10.0 Å². The first kappa shape index (κ1) is 22.0. The number of aryl methyl sites for hydroxylation is 1. The van der Waals surface area contributed by atoms with Crippen molar-refractivity contribution in [2.75, 3.05) is 11.9 Å². The average molecular weight is 407 g/mol. The molecule has 0 atom stereocenters. The first-order valence-corrected chi connectivity index (χ1v) is 10.9. The summed E-state index contributed by atoms with van der Waals surface area (Å²) in [6.45, 7) is 7.92. The van der Waals surface area contributed by atoms with Crippen molar-refractivity contribution in [3.8, 4) is 0 Å². The quantitative estimate of drug-likeness (QED) is 0.680. The van der Waals surface area contributed by atoms with Gasteiger partial charge in [0.05, 0.1) is 10.5 Å². The topological polar surface area (TPSA) is 75.3 Å². The van der Waals surface area contributed by atoms with E-state index in [1.54, 1.807) is 6.92 Å². The van der Waals surface area contributed by atoms with Crippen molar-refractivity contribution in [3.63, 3.8) is 0 Å². The van der Waals surface area contributed by atoms with Gasteiger partial charge in [-0.2, -0.15) is 0 Å². The number of rotatable bonds is 8. The van der Waals surface area contributed by atoms with Crippen LogP contribution in [0.4, 0.5) is 10.1 Å². The van der Waals surface area contributed by atoms with Crippen LogP contribution in [0.15, 0.2) is 41.3 Å². The van der Waals surface area contributed by atoms with Crippen molar-refractivity contribution >= 4 is 21.6 Å². The summed E-state index contributed by atoms with van der Waals surface area (Å²) in [6, 6.07) is 9.03. The number of hydrogen-bond donors (Lipinski definition) is 2. The molecule has 2 N–H and O–H groups in total. The predicted molar refractivity (Wildman–Crippen MR) is 110 cm³/mol. The Hall–Kier alpha value is -2.25. The Morgan fingerprint density at radius 1 is 1.14 bits per heavy atom. The Kier molecular flexibility index (Phi) is 7.32. The highest BCUT2D eigenvalue weighted by Crippen LogP contribution is 2.29. The van der Waals surface area contributed by atoms with E-state index >= 15 is 0 Å². The summed E-state index contributed by atoms with van der Waals surface area (Å²) in [4.78, 5) is 12.7. The standard InChI is InChI=1S/C21H27FN2O3S/c1-5-8-15-9-7-10-17(14(3)4)20(15)24-21(25)18-13-16(11-12-19(18)22)28(26,27)23-6-2/h7,9-14,23H,5-6,8H2,1-4H3,(H,24,25). The molecule has 0 unspecified atom stereocenters. The third-order valence-corrected chi connectivity index (χ3v) is 5.93. The van der Waals surface area contributed by atoms with Crippen molar-refractivity contribution in [1.29, 1.82) is 0 Å². The SMILES string of the molecule is CCCc1cccc(C(C)C)c1NC(=O)c1cc(S(=O)(=O)NCC)ccc1F. The lowest BCUT2D eigenvalue weighted by Gasteiger charge is -2.18. The van der Waals surface area contributed by atoms with Gasteiger partial charge in [0.25, 0.3) is 5.91 Å². The number of sulfonamides is 1. The molecule has 0 aliphatic rings. The lowest BCUT2D eigenvalue weighted by atomic mass is 9.95. The predicted octanol–water partition coefficient (Wildman–Crippen LogP) is 4.45. The number of benzene rings is 2. The molecular weight excluding hydrogens is 379 g/mol. The second-order valence-electron chi connectivity index (χ2n) is 6.88. The van der Waals surface area contributed by atoms with Gasteiger partial charge >= 0.3 is 0 Å². The summed E-state index contributed by atoms with van der Waals surface area (Å²) < 4.78 is 41.1. The minimum absolute atomic E-state index is 0.146. The Bertz CT molecular complexity index is 956. The molecule has 0 bridgehead atoms. The summed E-state index contributed by atoms with van der Waals surface area (Å²) in [5, 5.41) is 2.82. The van der Waals surface area contributed by atoms with Gasteiger partial charge in [0, 0.05) is 12.2 Å². The monoisotopic (exact) mass is 406 g/mol. The van der Waals surface area contributed by atoms with E-state index in [0.717, 1.165) is 42.2 Å². The molecule has 0 saturated carbocycles. The van der Waals surface area contributed by atoms with Gasteiger partial charge in [-0.15, -0.1) is 0 Å². The van der Waals surface area contributed by atoms with Crippen molar-refractivity contribution in [1.82, 2.24) is 4.72 Å². The Morgan fingerprint density at radius 2 is 1.86 bits per heavy atom. The number of amides is 1. The van der Waals surface area contributed by atoms with E-state index in [2.05, 4.69) is 10.0 Å². The molecular formula is C21H27FN2O3S. The van der Waals surface area contributed by atoms with Crippen LogP contribution in [0.1, 0.15) is 61.5 Å². The van der Waals surface area contributed by atoms with E-state index in [1.807, 2.05) is 39.0 Å². The second kappa shape index (κ2) is 9.30. The van der Waals surface area contributed by atoms with Gasteiger partial charge < -0.3 is 5.32 Å². The number of hydrogen-bond acceptors (Lipinski definition) is 3. The normalized spacial score (nSPS) is 11.6. The highest BCUT2D eigenvalue weighted by atomic mass is 32.2. The summed E-state index contributed by atoms with van der Waals surface area (Å²) in [5.74, 6) is -1.28. The molecule has 152 valence electrons. The molecule has 0 spiro atoms. The Morgan fingerprint density at radius 3 is 2.46 bits per heavy atom. The Balaban J connectivity index is 2.46. The molecule has 0 fully saturated rings. The minimum atomic E-state index is -3.79. The van der Waals surface area contributed by atoms with Gasteiger partial charge in [-0.25, -0.2) is 17.5 Å². The molecule has 2 rings (SSSR count). The van der Waals surface area contributed by atoms with E-state index < -0.39 is 21.7 Å². The van der Waals surface area contributed by atoms with Crippen molar-refractivity contribution in [3.05, 3.63) is 58.9 Å². The van der Waals surface area contributed by atoms with E-state index in [0.29, 0.717) is 5.69 Å². The molecule has 0 aromatic heterocycles. The molecule has 0 radical (unpaired) electrons. The van der Waals surface area contributed by atoms with E-state index in [9.17, 15) is 17.6 Å². The maximum Gasteiger partial charge on any atom is 0.258 e. The zero-order valence-electron chi connectivity index (χ0n) is 16.7. The van der Waals surface area contributed by atoms with Crippen molar-refractivity contribution in [2.45, 2.75) is 51.3 Å². The third kappa shape index (κ3) is 4.97. The van der Waals surface area contributed by atoms with E-state index in [1.165, 1.54) is 0 Å². The lowest BCUT2D eigenvalue weighted by molar-refractivity contribution is 0.102. The maximum atomic E-state index is 14.3. The molecule has 0 heterocycles. The molecule has 2 aromatic carbocycles. The van der Waals surface area contributed by atoms with Crippen LogP contribution < -0.4 is 10.0 Å². The molecule has 0 saturated heterocycles. The fraction of sp³-hybridized carbons (Fsp3) is 0.381.